The summed E-state index contributed by atoms with van der Waals surface area (Å²) in [6.07, 6.45) is 4.24. The van der Waals surface area contributed by atoms with E-state index < -0.39 is 0 Å². The fraction of sp³-hybridized carbons (Fsp3) is 0.474. The van der Waals surface area contributed by atoms with Gasteiger partial charge in [-0.3, -0.25) is 14.6 Å². The largest absolute Gasteiger partial charge is 0.342 e. The topological polar surface area (TPSA) is 79.0 Å². The maximum Gasteiger partial charge on any atom is 0.251 e. The number of carbonyl (C=O) groups is 1. The van der Waals surface area contributed by atoms with Crippen LogP contribution in [0.4, 0.5) is 0 Å². The summed E-state index contributed by atoms with van der Waals surface area (Å²) in [7, 11) is 0. The van der Waals surface area contributed by atoms with Crippen molar-refractivity contribution in [3.05, 3.63) is 46.5 Å². The molecule has 0 saturated carbocycles. The number of rotatable bonds is 5. The van der Waals surface area contributed by atoms with E-state index >= 15 is 0 Å². The van der Waals surface area contributed by atoms with Crippen molar-refractivity contribution in [2.75, 3.05) is 13.1 Å². The zero-order valence-corrected chi connectivity index (χ0v) is 14.7. The van der Waals surface area contributed by atoms with Gasteiger partial charge < -0.3 is 9.88 Å². The first-order valence-electron chi connectivity index (χ1n) is 8.93. The molecule has 1 aliphatic rings. The van der Waals surface area contributed by atoms with Crippen LogP contribution in [-0.4, -0.2) is 38.8 Å². The second kappa shape index (κ2) is 7.59. The van der Waals surface area contributed by atoms with Gasteiger partial charge in [-0.05, 0) is 31.4 Å². The van der Waals surface area contributed by atoms with Crippen molar-refractivity contribution < 1.29 is 4.79 Å². The van der Waals surface area contributed by atoms with E-state index in [1.54, 1.807) is 12.3 Å². The van der Waals surface area contributed by atoms with E-state index in [1.165, 1.54) is 0 Å². The fourth-order valence-electron chi connectivity index (χ4n) is 3.41. The molecule has 0 spiro atoms. The molecule has 3 heterocycles. The minimum absolute atomic E-state index is 0.0926. The van der Waals surface area contributed by atoms with Gasteiger partial charge in [-0.15, -0.1) is 0 Å². The molecule has 2 aromatic heterocycles. The van der Waals surface area contributed by atoms with Gasteiger partial charge in [0.05, 0.1) is 5.69 Å². The number of nitrogens with zero attached hydrogens (tertiary/aromatic N) is 3. The predicted molar refractivity (Wildman–Crippen MR) is 96.1 cm³/mol. The molecule has 1 amide bonds. The van der Waals surface area contributed by atoms with E-state index in [0.717, 1.165) is 31.5 Å². The molecule has 1 N–H and O–H groups in total. The Morgan fingerprint density at radius 3 is 2.84 bits per heavy atom. The molecule has 1 saturated heterocycles. The molecule has 3 rings (SSSR count). The van der Waals surface area contributed by atoms with Crippen molar-refractivity contribution in [3.63, 3.8) is 0 Å². The first kappa shape index (κ1) is 17.3. The van der Waals surface area contributed by atoms with E-state index in [1.807, 2.05) is 23.1 Å². The van der Waals surface area contributed by atoms with Crippen LogP contribution < -0.4 is 5.56 Å². The van der Waals surface area contributed by atoms with Crippen LogP contribution in [0, 0.1) is 5.92 Å². The molecule has 0 aromatic carbocycles. The van der Waals surface area contributed by atoms with Gasteiger partial charge in [0, 0.05) is 37.2 Å². The zero-order chi connectivity index (χ0) is 17.8. The number of H-pyrrole nitrogens is 1. The lowest BCUT2D eigenvalue weighted by molar-refractivity contribution is -0.134. The molecule has 0 radical (unpaired) electrons. The summed E-state index contributed by atoms with van der Waals surface area (Å²) in [5, 5.41) is 0. The number of hydrogen-bond acceptors (Lipinski definition) is 4. The molecule has 1 aliphatic heterocycles. The van der Waals surface area contributed by atoms with Crippen LogP contribution in [0.2, 0.25) is 0 Å². The molecule has 6 nitrogen and oxygen atoms in total. The Labute approximate surface area is 147 Å². The molecular weight excluding hydrogens is 316 g/mol. The second-order valence-corrected chi connectivity index (χ2v) is 6.52. The van der Waals surface area contributed by atoms with E-state index in [0.29, 0.717) is 18.1 Å². The summed E-state index contributed by atoms with van der Waals surface area (Å²) in [5.41, 5.74) is 1.20. The minimum atomic E-state index is -0.185. The number of pyridine rings is 1. The summed E-state index contributed by atoms with van der Waals surface area (Å²) in [6.45, 7) is 5.47. The summed E-state index contributed by atoms with van der Waals surface area (Å²) in [6, 6.07) is 7.05. The van der Waals surface area contributed by atoms with E-state index in [9.17, 15) is 9.59 Å². The van der Waals surface area contributed by atoms with Gasteiger partial charge in [-0.1, -0.05) is 19.9 Å². The van der Waals surface area contributed by atoms with Crippen LogP contribution in [-0.2, 0) is 4.79 Å². The molecule has 2 aromatic rings. The summed E-state index contributed by atoms with van der Waals surface area (Å²) in [5.74, 6) is 0.896. The standard InChI is InChI=1S/C19H24N4O2/c1-3-13(4-2)19(25)23-10-8-14(12-23)16-11-17(24)22-18(21-16)15-7-5-6-9-20-15/h5-7,9,11,13-14H,3-4,8,10,12H2,1-2H3,(H,21,22,24). The number of hydrogen-bond donors (Lipinski definition) is 1. The Morgan fingerprint density at radius 2 is 2.16 bits per heavy atom. The third-order valence-electron chi connectivity index (χ3n) is 4.92. The fourth-order valence-corrected chi connectivity index (χ4v) is 3.41. The smallest absolute Gasteiger partial charge is 0.251 e. The molecule has 1 atom stereocenters. The molecule has 0 bridgehead atoms. The van der Waals surface area contributed by atoms with Crippen LogP contribution in [0.15, 0.2) is 35.3 Å². The minimum Gasteiger partial charge on any atom is -0.342 e. The van der Waals surface area contributed by atoms with Gasteiger partial charge in [-0.2, -0.15) is 0 Å². The lowest BCUT2D eigenvalue weighted by atomic mass is 10.0. The second-order valence-electron chi connectivity index (χ2n) is 6.52. The molecule has 1 unspecified atom stereocenters. The normalized spacial score (nSPS) is 17.2. The number of amides is 1. The van der Waals surface area contributed by atoms with Crippen molar-refractivity contribution in [2.45, 2.75) is 39.0 Å². The summed E-state index contributed by atoms with van der Waals surface area (Å²) < 4.78 is 0. The number of carbonyl (C=O) groups excluding carboxylic acids is 1. The van der Waals surface area contributed by atoms with Gasteiger partial charge in [0.15, 0.2) is 5.82 Å². The molecule has 6 heteroatoms. The number of nitrogens with one attached hydrogen (secondary N) is 1. The zero-order valence-electron chi connectivity index (χ0n) is 14.7. The highest BCUT2D eigenvalue weighted by atomic mass is 16.2. The van der Waals surface area contributed by atoms with Crippen molar-refractivity contribution >= 4 is 5.91 Å². The lowest BCUT2D eigenvalue weighted by Gasteiger charge is -2.21. The number of likely N-dealkylation sites (tertiary alicyclic amines) is 1. The maximum absolute atomic E-state index is 12.6. The van der Waals surface area contributed by atoms with Gasteiger partial charge in [0.2, 0.25) is 5.91 Å². The van der Waals surface area contributed by atoms with Crippen LogP contribution >= 0.6 is 0 Å². The molecule has 132 valence electrons. The van der Waals surface area contributed by atoms with Crippen LogP contribution in [0.25, 0.3) is 11.5 Å². The average molecular weight is 340 g/mol. The van der Waals surface area contributed by atoms with Crippen molar-refractivity contribution in [1.29, 1.82) is 0 Å². The first-order chi connectivity index (χ1) is 12.1. The maximum atomic E-state index is 12.6. The Balaban J connectivity index is 1.80. The quantitative estimate of drug-likeness (QED) is 0.907. The van der Waals surface area contributed by atoms with Gasteiger partial charge >= 0.3 is 0 Å². The third-order valence-corrected chi connectivity index (χ3v) is 4.92. The highest BCUT2D eigenvalue weighted by Gasteiger charge is 2.31. The van der Waals surface area contributed by atoms with Gasteiger partial charge in [0.25, 0.3) is 5.56 Å². The first-order valence-corrected chi connectivity index (χ1v) is 8.93. The van der Waals surface area contributed by atoms with Crippen LogP contribution in [0.1, 0.15) is 44.7 Å². The van der Waals surface area contributed by atoms with E-state index in [-0.39, 0.29) is 23.3 Å². The SMILES string of the molecule is CCC(CC)C(=O)N1CCC(c2cc(=O)[nH]c(-c3ccccn3)n2)C1. The summed E-state index contributed by atoms with van der Waals surface area (Å²) >= 11 is 0. The Kier molecular flexibility index (Phi) is 5.26. The van der Waals surface area contributed by atoms with Crippen molar-refractivity contribution in [3.8, 4) is 11.5 Å². The van der Waals surface area contributed by atoms with Gasteiger partial charge in [0.1, 0.15) is 5.69 Å². The monoisotopic (exact) mass is 340 g/mol. The molecule has 0 aliphatic carbocycles. The molecule has 25 heavy (non-hydrogen) atoms. The third kappa shape index (κ3) is 3.78. The summed E-state index contributed by atoms with van der Waals surface area (Å²) in [4.78, 5) is 38.1. The predicted octanol–water partition coefficient (Wildman–Crippen LogP) is 2.58. The average Bonchev–Trinajstić information content (AvgIpc) is 3.13. The van der Waals surface area contributed by atoms with E-state index in [2.05, 4.69) is 28.8 Å². The van der Waals surface area contributed by atoms with Crippen LogP contribution in [0.5, 0.6) is 0 Å². The van der Waals surface area contributed by atoms with Crippen molar-refractivity contribution in [2.24, 2.45) is 5.92 Å². The van der Waals surface area contributed by atoms with Gasteiger partial charge in [-0.25, -0.2) is 4.98 Å². The lowest BCUT2D eigenvalue weighted by Crippen LogP contribution is -2.34. The number of aromatic nitrogens is 3. The molecular formula is C19H24N4O2. The number of aromatic amines is 1. The van der Waals surface area contributed by atoms with Crippen molar-refractivity contribution in [1.82, 2.24) is 19.9 Å². The Morgan fingerprint density at radius 1 is 1.36 bits per heavy atom. The highest BCUT2D eigenvalue weighted by Crippen LogP contribution is 2.28. The Hall–Kier alpha value is -2.50. The van der Waals surface area contributed by atoms with E-state index in [4.69, 9.17) is 0 Å². The van der Waals surface area contributed by atoms with Crippen LogP contribution in [0.3, 0.4) is 0 Å². The Bertz CT molecular complexity index is 784. The molecule has 1 fully saturated rings. The highest BCUT2D eigenvalue weighted by molar-refractivity contribution is 5.79.